The molecule has 66 heavy (non-hydrogen) atoms. The van der Waals surface area contributed by atoms with Crippen molar-refractivity contribution in [3.8, 4) is 67.5 Å². The number of hydrogen-bond acceptors (Lipinski definition) is 4. The van der Waals surface area contributed by atoms with E-state index in [1.807, 2.05) is 0 Å². The van der Waals surface area contributed by atoms with Gasteiger partial charge in [-0.05, 0) is 92.0 Å². The third kappa shape index (κ3) is 5.57. The normalized spacial score (nSPS) is 11.9. The molecule has 5 heteroatoms. The van der Waals surface area contributed by atoms with E-state index in [9.17, 15) is 0 Å². The summed E-state index contributed by atoms with van der Waals surface area (Å²) in [7, 11) is 0. The van der Waals surface area contributed by atoms with Gasteiger partial charge in [-0.2, -0.15) is 0 Å². The zero-order chi connectivity index (χ0) is 43.3. The van der Waals surface area contributed by atoms with Gasteiger partial charge in [0.05, 0.1) is 27.5 Å². The number of benzene rings is 10. The molecule has 5 nitrogen and oxygen atoms in total. The van der Waals surface area contributed by atoms with E-state index >= 15 is 0 Å². The fourth-order valence-electron chi connectivity index (χ4n) is 10.3. The van der Waals surface area contributed by atoms with Crippen LogP contribution in [-0.2, 0) is 0 Å². The topological polar surface area (TPSA) is 56.2 Å². The van der Waals surface area contributed by atoms with Crippen LogP contribution in [-0.4, -0.2) is 19.4 Å². The molecule has 10 aromatic carbocycles. The molecule has 0 saturated heterocycles. The van der Waals surface area contributed by atoms with Crippen molar-refractivity contribution in [3.05, 3.63) is 218 Å². The first-order chi connectivity index (χ1) is 32.7. The standard InChI is InChI=1S/C61H36N4O/c1-3-14-37(15-4-1)44-32-33-48(49(35-44)40-17-5-2-6-18-40)60-62-59(41-29-26-39(27-30-41)43-31-28-38-16-7-8-19-42(38)34-43)63-61(64-60)51-36-50-46-21-10-12-24-53(46)65-52-23-11-9-20-45(52)47-22-13-25-54-55(47)56(57(50)65)58(51)66-54/h1-36H. The van der Waals surface area contributed by atoms with Crippen molar-refractivity contribution in [2.75, 3.05) is 0 Å². The van der Waals surface area contributed by atoms with Crippen LogP contribution < -0.4 is 0 Å². The molecular weight excluding hydrogens is 805 g/mol. The highest BCUT2D eigenvalue weighted by Crippen LogP contribution is 2.48. The van der Waals surface area contributed by atoms with E-state index in [1.54, 1.807) is 0 Å². The molecule has 0 unspecified atom stereocenters. The average molecular weight is 841 g/mol. The zero-order valence-corrected chi connectivity index (χ0v) is 35.5. The van der Waals surface area contributed by atoms with Crippen LogP contribution in [0.4, 0.5) is 0 Å². The Morgan fingerprint density at radius 3 is 1.65 bits per heavy atom. The molecule has 0 aliphatic heterocycles. The molecule has 306 valence electrons. The van der Waals surface area contributed by atoms with E-state index in [1.165, 1.54) is 10.8 Å². The van der Waals surface area contributed by atoms with E-state index in [0.717, 1.165) is 110 Å². The molecule has 0 spiro atoms. The summed E-state index contributed by atoms with van der Waals surface area (Å²) in [6, 6.07) is 77.3. The first-order valence-corrected chi connectivity index (χ1v) is 22.3. The van der Waals surface area contributed by atoms with Crippen molar-refractivity contribution in [3.63, 3.8) is 0 Å². The SMILES string of the molecule is c1ccc(-c2ccc(-c3nc(-c4ccc(-c5ccc6ccccc6c5)cc4)nc(-c4cc5c6ccccc6n6c7ccccc7c7cccc8oc4c(c87)c56)n3)c(-c3ccccc3)c2)cc1. The highest BCUT2D eigenvalue weighted by Gasteiger charge is 2.26. The maximum Gasteiger partial charge on any atom is 0.167 e. The van der Waals surface area contributed by atoms with Crippen LogP contribution in [0.15, 0.2) is 223 Å². The van der Waals surface area contributed by atoms with Crippen molar-refractivity contribution in [1.82, 2.24) is 19.4 Å². The predicted octanol–water partition coefficient (Wildman–Crippen LogP) is 16.1. The molecule has 0 fully saturated rings. The maximum atomic E-state index is 7.06. The van der Waals surface area contributed by atoms with Gasteiger partial charge in [0.25, 0.3) is 0 Å². The van der Waals surface area contributed by atoms with Crippen LogP contribution >= 0.6 is 0 Å². The fourth-order valence-corrected chi connectivity index (χ4v) is 10.3. The van der Waals surface area contributed by atoms with Crippen molar-refractivity contribution in [2.24, 2.45) is 0 Å². The molecular formula is C61H36N4O. The number of aromatic nitrogens is 4. The summed E-state index contributed by atoms with van der Waals surface area (Å²) in [6.45, 7) is 0. The molecule has 0 radical (unpaired) electrons. The molecule has 4 heterocycles. The van der Waals surface area contributed by atoms with Crippen LogP contribution in [0.25, 0.3) is 138 Å². The minimum Gasteiger partial charge on any atom is -0.455 e. The summed E-state index contributed by atoms with van der Waals surface area (Å²) >= 11 is 0. The minimum atomic E-state index is 0.542. The second-order valence-electron chi connectivity index (χ2n) is 17.1. The summed E-state index contributed by atoms with van der Waals surface area (Å²) in [4.78, 5) is 16.3. The van der Waals surface area contributed by atoms with Gasteiger partial charge in [0, 0.05) is 32.7 Å². The molecule has 0 aliphatic rings. The van der Waals surface area contributed by atoms with Crippen LogP contribution in [0.1, 0.15) is 0 Å². The van der Waals surface area contributed by atoms with Gasteiger partial charge >= 0.3 is 0 Å². The van der Waals surface area contributed by atoms with Crippen molar-refractivity contribution in [1.29, 1.82) is 0 Å². The smallest absolute Gasteiger partial charge is 0.167 e. The van der Waals surface area contributed by atoms with Crippen molar-refractivity contribution < 1.29 is 4.42 Å². The van der Waals surface area contributed by atoms with Gasteiger partial charge < -0.3 is 8.82 Å². The second kappa shape index (κ2) is 14.3. The lowest BCUT2D eigenvalue weighted by Gasteiger charge is -2.14. The Morgan fingerprint density at radius 1 is 0.318 bits per heavy atom. The van der Waals surface area contributed by atoms with E-state index in [4.69, 9.17) is 19.4 Å². The third-order valence-corrected chi connectivity index (χ3v) is 13.4. The van der Waals surface area contributed by atoms with Gasteiger partial charge in [-0.25, -0.2) is 15.0 Å². The Morgan fingerprint density at radius 2 is 0.879 bits per heavy atom. The Bertz CT molecular complexity index is 4210. The van der Waals surface area contributed by atoms with E-state index in [2.05, 4.69) is 223 Å². The summed E-state index contributed by atoms with van der Waals surface area (Å²) in [5.74, 6) is 1.70. The third-order valence-electron chi connectivity index (χ3n) is 13.4. The first-order valence-electron chi connectivity index (χ1n) is 22.3. The van der Waals surface area contributed by atoms with E-state index in [-0.39, 0.29) is 0 Å². The van der Waals surface area contributed by atoms with Crippen LogP contribution in [0.5, 0.6) is 0 Å². The van der Waals surface area contributed by atoms with E-state index < -0.39 is 0 Å². The lowest BCUT2D eigenvalue weighted by molar-refractivity contribution is 0.670. The van der Waals surface area contributed by atoms with Crippen molar-refractivity contribution in [2.45, 2.75) is 0 Å². The van der Waals surface area contributed by atoms with Crippen LogP contribution in [0.2, 0.25) is 0 Å². The number of hydrogen-bond donors (Lipinski definition) is 0. The lowest BCUT2D eigenvalue weighted by Crippen LogP contribution is -2.02. The molecule has 14 aromatic rings. The number of rotatable bonds is 6. The fraction of sp³-hybridized carbons (Fsp3) is 0. The molecule has 0 amide bonds. The average Bonchev–Trinajstić information content (AvgIpc) is 3.91. The van der Waals surface area contributed by atoms with Gasteiger partial charge in [0.2, 0.25) is 0 Å². The van der Waals surface area contributed by atoms with Crippen LogP contribution in [0.3, 0.4) is 0 Å². The Hall–Kier alpha value is -8.93. The van der Waals surface area contributed by atoms with Gasteiger partial charge in [-0.15, -0.1) is 0 Å². The molecule has 14 rings (SSSR count). The first kappa shape index (κ1) is 36.5. The molecule has 0 saturated carbocycles. The number of furan rings is 1. The summed E-state index contributed by atoms with van der Waals surface area (Å²) in [5.41, 5.74) is 14.2. The lowest BCUT2D eigenvalue weighted by atomic mass is 9.94. The molecule has 0 aliphatic carbocycles. The van der Waals surface area contributed by atoms with Gasteiger partial charge in [-0.1, -0.05) is 176 Å². The van der Waals surface area contributed by atoms with Gasteiger partial charge in [0.1, 0.15) is 11.2 Å². The van der Waals surface area contributed by atoms with Crippen molar-refractivity contribution >= 4 is 70.8 Å². The van der Waals surface area contributed by atoms with Gasteiger partial charge in [-0.3, -0.25) is 0 Å². The summed E-state index contributed by atoms with van der Waals surface area (Å²) < 4.78 is 9.48. The number of fused-ring (bicyclic) bond motifs is 7. The monoisotopic (exact) mass is 840 g/mol. The molecule has 4 aromatic heterocycles. The maximum absolute atomic E-state index is 7.06. The Kier molecular flexibility index (Phi) is 7.91. The predicted molar refractivity (Wildman–Crippen MR) is 272 cm³/mol. The summed E-state index contributed by atoms with van der Waals surface area (Å²) in [5, 5.41) is 9.15. The molecule has 0 N–H and O–H groups in total. The minimum absolute atomic E-state index is 0.542. The molecule has 0 bridgehead atoms. The number of para-hydroxylation sites is 2. The quantitative estimate of drug-likeness (QED) is 0.167. The Labute approximate surface area is 378 Å². The number of nitrogens with zero attached hydrogens (tertiary/aromatic N) is 4. The summed E-state index contributed by atoms with van der Waals surface area (Å²) in [6.07, 6.45) is 0. The van der Waals surface area contributed by atoms with Crippen LogP contribution in [0, 0.1) is 0 Å². The zero-order valence-electron chi connectivity index (χ0n) is 35.5. The second-order valence-corrected chi connectivity index (χ2v) is 17.1. The highest BCUT2D eigenvalue weighted by atomic mass is 16.3. The molecule has 0 atom stereocenters. The van der Waals surface area contributed by atoms with E-state index in [0.29, 0.717) is 17.5 Å². The Balaban J connectivity index is 1.05. The highest BCUT2D eigenvalue weighted by molar-refractivity contribution is 6.33. The van der Waals surface area contributed by atoms with Gasteiger partial charge in [0.15, 0.2) is 17.5 Å². The largest absolute Gasteiger partial charge is 0.455 e.